The molecular weight excluding hydrogens is 314 g/mol. The predicted molar refractivity (Wildman–Crippen MR) is 99.0 cm³/mol. The van der Waals surface area contributed by atoms with Crippen LogP contribution in [-0.2, 0) is 14.3 Å². The van der Waals surface area contributed by atoms with E-state index in [1.165, 1.54) is 16.7 Å². The lowest BCUT2D eigenvalue weighted by Gasteiger charge is -2.25. The van der Waals surface area contributed by atoms with Crippen molar-refractivity contribution in [3.8, 4) is 0 Å². The molecule has 25 heavy (non-hydrogen) atoms. The van der Waals surface area contributed by atoms with Crippen molar-refractivity contribution >= 4 is 5.78 Å². The average Bonchev–Trinajstić information content (AvgIpc) is 2.54. The van der Waals surface area contributed by atoms with Gasteiger partial charge in [-0.2, -0.15) is 0 Å². The number of carbonyl (C=O) groups is 1. The van der Waals surface area contributed by atoms with Crippen molar-refractivity contribution in [2.24, 2.45) is 0 Å². The molecule has 0 aromatic carbocycles. The smallest absolute Gasteiger partial charge is 0.189 e. The summed E-state index contributed by atoms with van der Waals surface area (Å²) in [5, 5.41) is 0. The van der Waals surface area contributed by atoms with E-state index in [-0.39, 0.29) is 5.78 Å². The van der Waals surface area contributed by atoms with E-state index < -0.39 is 0 Å². The van der Waals surface area contributed by atoms with Crippen LogP contribution in [0.4, 0.5) is 0 Å². The molecule has 0 aromatic heterocycles. The second-order valence-electron chi connectivity index (χ2n) is 6.95. The van der Waals surface area contributed by atoms with Gasteiger partial charge in [-0.15, -0.1) is 0 Å². The first kappa shape index (κ1) is 17.9. The number of hydrogen-bond acceptors (Lipinski definition) is 4. The maximum Gasteiger partial charge on any atom is 0.189 e. The van der Waals surface area contributed by atoms with Gasteiger partial charge in [-0.1, -0.05) is 0 Å². The monoisotopic (exact) mass is 341 g/mol. The highest BCUT2D eigenvalue weighted by atomic mass is 16.5. The number of ketones is 1. The fourth-order valence-corrected chi connectivity index (χ4v) is 3.61. The maximum atomic E-state index is 12.7. The zero-order valence-electron chi connectivity index (χ0n) is 15.4. The highest BCUT2D eigenvalue weighted by molar-refractivity contribution is 6.10. The van der Waals surface area contributed by atoms with E-state index in [2.05, 4.69) is 31.1 Å². The van der Waals surface area contributed by atoms with Crippen LogP contribution in [0, 0.1) is 0 Å². The van der Waals surface area contributed by atoms with E-state index in [0.29, 0.717) is 26.4 Å². The van der Waals surface area contributed by atoms with Crippen LogP contribution in [0.5, 0.6) is 0 Å². The molecule has 1 aliphatic carbocycles. The van der Waals surface area contributed by atoms with Gasteiger partial charge in [0.1, 0.15) is 0 Å². The Morgan fingerprint density at radius 2 is 1.40 bits per heavy atom. The van der Waals surface area contributed by atoms with Gasteiger partial charge in [-0.3, -0.25) is 4.79 Å². The number of rotatable bonds is 0. The largest absolute Gasteiger partial charge is 0.377 e. The summed E-state index contributed by atoms with van der Waals surface area (Å²) >= 11 is 0. The molecule has 0 atom stereocenters. The van der Waals surface area contributed by atoms with Crippen LogP contribution in [-0.4, -0.2) is 44.2 Å². The normalized spacial score (nSPS) is 23.2. The first-order chi connectivity index (χ1) is 12.1. The maximum absolute atomic E-state index is 12.7. The molecule has 0 N–H and O–H groups in total. The summed E-state index contributed by atoms with van der Waals surface area (Å²) in [4.78, 5) is 14.8. The second kappa shape index (κ2) is 7.98. The summed E-state index contributed by atoms with van der Waals surface area (Å²) in [6.45, 7) is 6.35. The number of nitrogens with zero attached hydrogens (tertiary/aromatic N) is 1. The number of carbonyl (C=O) groups excluding carboxylic acids is 1. The summed E-state index contributed by atoms with van der Waals surface area (Å²) in [5.41, 5.74) is 6.10. The number of hydrogen-bond donors (Lipinski definition) is 0. The molecular formula is C21H27NO3. The quantitative estimate of drug-likeness (QED) is 0.674. The molecule has 0 radical (unpaired) electrons. The third-order valence-electron chi connectivity index (χ3n) is 4.71. The van der Waals surface area contributed by atoms with Crippen molar-refractivity contribution in [3.05, 3.63) is 58.0 Å². The highest BCUT2D eigenvalue weighted by Crippen LogP contribution is 2.32. The minimum atomic E-state index is 0.0566. The fraction of sp³-hybridized carbons (Fsp3) is 0.476. The van der Waals surface area contributed by atoms with Gasteiger partial charge in [0, 0.05) is 43.8 Å². The molecule has 1 fully saturated rings. The molecule has 4 heteroatoms. The van der Waals surface area contributed by atoms with Crippen molar-refractivity contribution in [2.45, 2.75) is 33.1 Å². The average molecular weight is 341 g/mol. The first-order valence-corrected chi connectivity index (χ1v) is 9.01. The summed E-state index contributed by atoms with van der Waals surface area (Å²) < 4.78 is 11.5. The second-order valence-corrected chi connectivity index (χ2v) is 6.95. The van der Waals surface area contributed by atoms with Crippen molar-refractivity contribution in [1.82, 2.24) is 4.90 Å². The third kappa shape index (κ3) is 4.20. The Kier molecular flexibility index (Phi) is 5.71. The van der Waals surface area contributed by atoms with Crippen LogP contribution in [0.2, 0.25) is 0 Å². The number of ether oxygens (including phenoxy) is 2. The Bertz CT molecular complexity index is 653. The van der Waals surface area contributed by atoms with E-state index in [4.69, 9.17) is 9.47 Å². The molecule has 2 heterocycles. The molecule has 0 spiro atoms. The molecule has 2 aliphatic heterocycles. The summed E-state index contributed by atoms with van der Waals surface area (Å²) in [7, 11) is 2.03. The van der Waals surface area contributed by atoms with Crippen molar-refractivity contribution in [2.75, 3.05) is 33.5 Å². The van der Waals surface area contributed by atoms with Crippen LogP contribution >= 0.6 is 0 Å². The molecule has 1 saturated heterocycles. The van der Waals surface area contributed by atoms with E-state index in [1.54, 1.807) is 0 Å². The molecule has 0 unspecified atom stereocenters. The highest BCUT2D eigenvalue weighted by Gasteiger charge is 2.24. The Balaban J connectivity index is 2.00. The third-order valence-corrected chi connectivity index (χ3v) is 4.71. The summed E-state index contributed by atoms with van der Waals surface area (Å²) in [5.74, 6) is 0.0566. The number of allylic oxidation sites excluding steroid dienone is 6. The van der Waals surface area contributed by atoms with Crippen LogP contribution in [0.3, 0.4) is 0 Å². The number of Topliss-reactive ketones (excluding diaryl/α,β-unsaturated/α-hetero) is 1. The Labute approximate surface area is 150 Å². The van der Waals surface area contributed by atoms with Gasteiger partial charge in [0.25, 0.3) is 0 Å². The van der Waals surface area contributed by atoms with Gasteiger partial charge in [-0.25, -0.2) is 0 Å². The van der Waals surface area contributed by atoms with Crippen LogP contribution in [0.15, 0.2) is 58.0 Å². The van der Waals surface area contributed by atoms with Crippen LogP contribution < -0.4 is 0 Å². The van der Waals surface area contributed by atoms with Crippen LogP contribution in [0.1, 0.15) is 33.1 Å². The molecule has 0 aromatic rings. The van der Waals surface area contributed by atoms with Crippen LogP contribution in [0.25, 0.3) is 0 Å². The minimum Gasteiger partial charge on any atom is -0.377 e. The van der Waals surface area contributed by atoms with Gasteiger partial charge < -0.3 is 14.4 Å². The first-order valence-electron chi connectivity index (χ1n) is 9.01. The molecule has 4 nitrogen and oxygen atoms in total. The van der Waals surface area contributed by atoms with Gasteiger partial charge in [0.2, 0.25) is 0 Å². The summed E-state index contributed by atoms with van der Waals surface area (Å²) in [6.07, 6.45) is 11.3. The molecule has 3 aliphatic rings. The lowest BCUT2D eigenvalue weighted by Crippen LogP contribution is -2.21. The van der Waals surface area contributed by atoms with E-state index in [0.717, 1.165) is 36.0 Å². The minimum absolute atomic E-state index is 0.0566. The Morgan fingerprint density at radius 1 is 0.880 bits per heavy atom. The SMILES string of the molecule is CC1=CN(C)C=C(C)C1=C1C=C2COCCCCCOCC(=C1)C2=O. The Hall–Kier alpha value is -1.91. The predicted octanol–water partition coefficient (Wildman–Crippen LogP) is 3.69. The van der Waals surface area contributed by atoms with Gasteiger partial charge in [0.15, 0.2) is 5.78 Å². The number of fused-ring (bicyclic) bond motifs is 2. The molecule has 3 rings (SSSR count). The van der Waals surface area contributed by atoms with Gasteiger partial charge in [-0.05, 0) is 67.6 Å². The van der Waals surface area contributed by atoms with E-state index in [1.807, 2.05) is 19.2 Å². The van der Waals surface area contributed by atoms with E-state index >= 15 is 0 Å². The zero-order valence-corrected chi connectivity index (χ0v) is 15.4. The molecule has 134 valence electrons. The molecule has 2 bridgehead atoms. The van der Waals surface area contributed by atoms with Crippen molar-refractivity contribution in [1.29, 1.82) is 0 Å². The van der Waals surface area contributed by atoms with E-state index in [9.17, 15) is 4.79 Å². The lowest BCUT2D eigenvalue weighted by molar-refractivity contribution is -0.113. The van der Waals surface area contributed by atoms with Gasteiger partial charge >= 0.3 is 0 Å². The van der Waals surface area contributed by atoms with Crippen molar-refractivity contribution < 1.29 is 14.3 Å². The Morgan fingerprint density at radius 3 is 1.92 bits per heavy atom. The summed E-state index contributed by atoms with van der Waals surface area (Å²) in [6, 6.07) is 0. The molecule has 0 saturated carbocycles. The fourth-order valence-electron chi connectivity index (χ4n) is 3.61. The van der Waals surface area contributed by atoms with Gasteiger partial charge in [0.05, 0.1) is 13.2 Å². The van der Waals surface area contributed by atoms with Crippen molar-refractivity contribution in [3.63, 3.8) is 0 Å². The lowest BCUT2D eigenvalue weighted by atomic mass is 9.86. The molecule has 0 amide bonds. The standard InChI is InChI=1S/C21H27NO3/c1-15-11-22(3)12-16(2)20(15)17-9-18-13-24-7-5-4-6-8-25-14-19(10-17)21(18)23/h9-12H,4-8,13-14H2,1-3H3. The zero-order chi connectivity index (χ0) is 17.8. The topological polar surface area (TPSA) is 38.8 Å².